The lowest BCUT2D eigenvalue weighted by molar-refractivity contribution is -0.134. The highest BCUT2D eigenvalue weighted by Crippen LogP contribution is 2.36. The third-order valence-corrected chi connectivity index (χ3v) is 5.92. The number of fused-ring (bicyclic) bond motifs is 3. The number of hydrogen-bond acceptors (Lipinski definition) is 7. The first-order valence-electron chi connectivity index (χ1n) is 11.3. The van der Waals surface area contributed by atoms with Crippen LogP contribution in [0.5, 0.6) is 5.75 Å². The molecule has 4 rings (SSSR count). The Morgan fingerprint density at radius 2 is 1.97 bits per heavy atom. The average Bonchev–Trinajstić information content (AvgIpc) is 2.92. The van der Waals surface area contributed by atoms with E-state index in [4.69, 9.17) is 9.47 Å². The van der Waals surface area contributed by atoms with Gasteiger partial charge in [-0.25, -0.2) is 4.79 Å². The molecule has 33 heavy (non-hydrogen) atoms. The maximum Gasteiger partial charge on any atom is 0.410 e. The van der Waals surface area contributed by atoms with Crippen LogP contribution in [-0.4, -0.2) is 72.6 Å². The fraction of sp³-hybridized carbons (Fsp3) is 0.565. The van der Waals surface area contributed by atoms with Crippen molar-refractivity contribution in [2.75, 3.05) is 31.1 Å². The van der Waals surface area contributed by atoms with Crippen molar-refractivity contribution in [1.29, 1.82) is 0 Å². The van der Waals surface area contributed by atoms with Gasteiger partial charge in [-0.3, -0.25) is 19.7 Å². The molecule has 0 spiro atoms. The van der Waals surface area contributed by atoms with Crippen molar-refractivity contribution >= 4 is 29.5 Å². The SMILES string of the molecule is CC(C)(C)OC(=O)N1CCN2c3ccc(C(=O)N[C@H]4CCC(=O)NC4=O)cc3OCC[C@H]2C1. The van der Waals surface area contributed by atoms with E-state index in [1.165, 1.54) is 0 Å². The molecule has 0 radical (unpaired) electrons. The molecule has 2 fully saturated rings. The zero-order valence-electron chi connectivity index (χ0n) is 19.2. The van der Waals surface area contributed by atoms with Crippen molar-refractivity contribution in [1.82, 2.24) is 15.5 Å². The third kappa shape index (κ3) is 5.20. The lowest BCUT2D eigenvalue weighted by Crippen LogP contribution is -2.55. The van der Waals surface area contributed by atoms with Crippen LogP contribution >= 0.6 is 0 Å². The van der Waals surface area contributed by atoms with Gasteiger partial charge < -0.3 is 24.6 Å². The number of anilines is 1. The van der Waals surface area contributed by atoms with Crippen molar-refractivity contribution in [3.05, 3.63) is 23.8 Å². The van der Waals surface area contributed by atoms with E-state index in [9.17, 15) is 19.2 Å². The van der Waals surface area contributed by atoms with Gasteiger partial charge in [0.25, 0.3) is 5.91 Å². The van der Waals surface area contributed by atoms with Gasteiger partial charge >= 0.3 is 6.09 Å². The van der Waals surface area contributed by atoms with E-state index >= 15 is 0 Å². The molecule has 2 saturated heterocycles. The molecule has 10 heteroatoms. The summed E-state index contributed by atoms with van der Waals surface area (Å²) in [6.45, 7) is 7.70. The summed E-state index contributed by atoms with van der Waals surface area (Å²) in [6.07, 6.45) is 0.890. The van der Waals surface area contributed by atoms with Gasteiger partial charge in [0, 0.05) is 38.0 Å². The van der Waals surface area contributed by atoms with Crippen molar-refractivity contribution in [2.45, 2.75) is 57.7 Å². The summed E-state index contributed by atoms with van der Waals surface area (Å²) in [5.74, 6) is -0.618. The predicted molar refractivity (Wildman–Crippen MR) is 119 cm³/mol. The lowest BCUT2D eigenvalue weighted by atomic mass is 10.0. The molecule has 0 aliphatic carbocycles. The minimum absolute atomic E-state index is 0.0793. The molecule has 0 saturated carbocycles. The number of nitrogens with one attached hydrogen (secondary N) is 2. The molecule has 3 heterocycles. The fourth-order valence-corrected chi connectivity index (χ4v) is 4.30. The molecule has 0 bridgehead atoms. The summed E-state index contributed by atoms with van der Waals surface area (Å²) in [4.78, 5) is 52.4. The number of benzene rings is 1. The van der Waals surface area contributed by atoms with Crippen molar-refractivity contribution < 1.29 is 28.7 Å². The molecule has 1 aromatic rings. The van der Waals surface area contributed by atoms with E-state index in [0.717, 1.165) is 12.1 Å². The Kier molecular flexibility index (Phi) is 6.18. The highest BCUT2D eigenvalue weighted by molar-refractivity contribution is 6.04. The van der Waals surface area contributed by atoms with Crippen LogP contribution in [0, 0.1) is 0 Å². The van der Waals surface area contributed by atoms with Gasteiger partial charge in [-0.1, -0.05) is 0 Å². The number of piperidine rings is 1. The number of carbonyl (C=O) groups is 4. The second-order valence-corrected chi connectivity index (χ2v) is 9.57. The van der Waals surface area contributed by atoms with Gasteiger partial charge in [0.15, 0.2) is 0 Å². The smallest absolute Gasteiger partial charge is 0.410 e. The van der Waals surface area contributed by atoms with Crippen LogP contribution in [0.15, 0.2) is 18.2 Å². The second kappa shape index (κ2) is 8.92. The van der Waals surface area contributed by atoms with Gasteiger partial charge in [0.2, 0.25) is 11.8 Å². The molecule has 0 aromatic heterocycles. The molecular weight excluding hydrogens is 428 g/mol. The van der Waals surface area contributed by atoms with Crippen LogP contribution in [0.25, 0.3) is 0 Å². The Morgan fingerprint density at radius 3 is 2.70 bits per heavy atom. The first-order valence-corrected chi connectivity index (χ1v) is 11.3. The van der Waals surface area contributed by atoms with Crippen LogP contribution in [0.2, 0.25) is 0 Å². The molecular formula is C23H30N4O6. The minimum Gasteiger partial charge on any atom is -0.491 e. The molecule has 2 atom stereocenters. The summed E-state index contributed by atoms with van der Waals surface area (Å²) >= 11 is 0. The topological polar surface area (TPSA) is 117 Å². The highest BCUT2D eigenvalue weighted by atomic mass is 16.6. The van der Waals surface area contributed by atoms with E-state index in [1.54, 1.807) is 17.0 Å². The quantitative estimate of drug-likeness (QED) is 0.644. The number of rotatable bonds is 2. The zero-order valence-corrected chi connectivity index (χ0v) is 19.2. The van der Waals surface area contributed by atoms with E-state index in [1.807, 2.05) is 26.8 Å². The van der Waals surface area contributed by atoms with Gasteiger partial charge in [0.1, 0.15) is 17.4 Å². The van der Waals surface area contributed by atoms with E-state index in [2.05, 4.69) is 15.5 Å². The van der Waals surface area contributed by atoms with E-state index in [0.29, 0.717) is 37.6 Å². The number of nitrogens with zero attached hydrogens (tertiary/aromatic N) is 2. The summed E-state index contributed by atoms with van der Waals surface area (Å²) in [5, 5.41) is 4.93. The van der Waals surface area contributed by atoms with Crippen LogP contribution in [0.3, 0.4) is 0 Å². The largest absolute Gasteiger partial charge is 0.491 e. The maximum atomic E-state index is 12.7. The number of imide groups is 1. The fourth-order valence-electron chi connectivity index (χ4n) is 4.30. The van der Waals surface area contributed by atoms with Gasteiger partial charge in [0.05, 0.1) is 18.3 Å². The van der Waals surface area contributed by atoms with Crippen molar-refractivity contribution in [2.24, 2.45) is 0 Å². The molecule has 178 valence electrons. The Morgan fingerprint density at radius 1 is 1.18 bits per heavy atom. The number of piperazine rings is 1. The summed E-state index contributed by atoms with van der Waals surface area (Å²) in [5.41, 5.74) is 0.709. The van der Waals surface area contributed by atoms with Gasteiger partial charge in [-0.15, -0.1) is 0 Å². The standard InChI is InChI=1S/C23H30N4O6/c1-23(2,3)33-22(31)26-9-10-27-15(13-26)8-11-32-18-12-14(4-6-17(18)27)20(29)24-16-5-7-19(28)25-21(16)30/h4,6,12,15-16H,5,7-11,13H2,1-3H3,(H,24,29)(H,25,28,30)/t15-,16-/m0/s1. The third-order valence-electron chi connectivity index (χ3n) is 5.92. The predicted octanol–water partition coefficient (Wildman–Crippen LogP) is 1.43. The van der Waals surface area contributed by atoms with Gasteiger partial charge in [-0.2, -0.15) is 0 Å². The Bertz CT molecular complexity index is 972. The minimum atomic E-state index is -0.736. The molecule has 1 aromatic carbocycles. The summed E-state index contributed by atoms with van der Waals surface area (Å²) in [6, 6.07) is 4.57. The maximum absolute atomic E-state index is 12.7. The van der Waals surface area contributed by atoms with Crippen molar-refractivity contribution in [3.63, 3.8) is 0 Å². The molecule has 2 N–H and O–H groups in total. The number of ether oxygens (including phenoxy) is 2. The van der Waals surface area contributed by atoms with Crippen LogP contribution < -0.4 is 20.3 Å². The molecule has 3 aliphatic rings. The molecule has 4 amide bonds. The van der Waals surface area contributed by atoms with Crippen LogP contribution in [0.1, 0.15) is 50.4 Å². The normalized spacial score (nSPS) is 22.9. The van der Waals surface area contributed by atoms with E-state index < -0.39 is 23.5 Å². The Hall–Kier alpha value is -3.30. The van der Waals surface area contributed by atoms with Crippen LogP contribution in [-0.2, 0) is 14.3 Å². The number of hydrogen-bond donors (Lipinski definition) is 2. The van der Waals surface area contributed by atoms with Gasteiger partial charge in [-0.05, 0) is 45.4 Å². The first kappa shape index (κ1) is 22.9. The Labute approximate surface area is 192 Å². The Balaban J connectivity index is 1.45. The van der Waals surface area contributed by atoms with Crippen LogP contribution in [0.4, 0.5) is 10.5 Å². The first-order chi connectivity index (χ1) is 15.6. The number of amides is 4. The second-order valence-electron chi connectivity index (χ2n) is 9.57. The zero-order chi connectivity index (χ0) is 23.8. The molecule has 3 aliphatic heterocycles. The monoisotopic (exact) mass is 458 g/mol. The highest BCUT2D eigenvalue weighted by Gasteiger charge is 2.35. The summed E-state index contributed by atoms with van der Waals surface area (Å²) < 4.78 is 11.5. The lowest BCUT2D eigenvalue weighted by Gasteiger charge is -2.42. The average molecular weight is 459 g/mol. The van der Waals surface area contributed by atoms with E-state index in [-0.39, 0.29) is 30.9 Å². The molecule has 10 nitrogen and oxygen atoms in total. The molecule has 0 unspecified atom stereocenters. The van der Waals surface area contributed by atoms with Crippen molar-refractivity contribution in [3.8, 4) is 5.75 Å². The number of carbonyl (C=O) groups excluding carboxylic acids is 4. The summed E-state index contributed by atoms with van der Waals surface area (Å²) in [7, 11) is 0.